The van der Waals surface area contributed by atoms with E-state index in [1.807, 2.05) is 24.3 Å². The molecule has 1 aromatic carbocycles. The molecule has 0 bridgehead atoms. The van der Waals surface area contributed by atoms with Crippen molar-refractivity contribution in [2.24, 2.45) is 0 Å². The SMILES string of the molecule is O=C(O)/C=C1/C=C(c2ccc3c(c2)OCCO3)CC1. The van der Waals surface area contributed by atoms with Gasteiger partial charge in [-0.15, -0.1) is 0 Å². The largest absolute Gasteiger partial charge is 0.486 e. The van der Waals surface area contributed by atoms with E-state index in [4.69, 9.17) is 14.6 Å². The van der Waals surface area contributed by atoms with Gasteiger partial charge >= 0.3 is 5.97 Å². The predicted octanol–water partition coefficient (Wildman–Crippen LogP) is 2.65. The molecule has 98 valence electrons. The van der Waals surface area contributed by atoms with E-state index in [2.05, 4.69) is 0 Å². The minimum absolute atomic E-state index is 0.569. The third kappa shape index (κ3) is 2.47. The fourth-order valence-corrected chi connectivity index (χ4v) is 2.39. The Morgan fingerprint density at radius 2 is 1.95 bits per heavy atom. The highest BCUT2D eigenvalue weighted by molar-refractivity contribution is 5.83. The minimum Gasteiger partial charge on any atom is -0.486 e. The van der Waals surface area contributed by atoms with Crippen molar-refractivity contribution in [2.45, 2.75) is 12.8 Å². The van der Waals surface area contributed by atoms with E-state index in [-0.39, 0.29) is 0 Å². The smallest absolute Gasteiger partial charge is 0.328 e. The summed E-state index contributed by atoms with van der Waals surface area (Å²) >= 11 is 0. The zero-order valence-corrected chi connectivity index (χ0v) is 10.4. The first kappa shape index (κ1) is 11.8. The van der Waals surface area contributed by atoms with Crippen molar-refractivity contribution in [3.8, 4) is 11.5 Å². The van der Waals surface area contributed by atoms with Crippen LogP contribution >= 0.6 is 0 Å². The Morgan fingerprint density at radius 3 is 2.74 bits per heavy atom. The van der Waals surface area contributed by atoms with Crippen molar-refractivity contribution in [1.29, 1.82) is 0 Å². The van der Waals surface area contributed by atoms with Gasteiger partial charge in [-0.25, -0.2) is 4.79 Å². The second kappa shape index (κ2) is 4.80. The molecule has 0 aromatic heterocycles. The van der Waals surface area contributed by atoms with Gasteiger partial charge in [-0.1, -0.05) is 12.1 Å². The zero-order valence-electron chi connectivity index (χ0n) is 10.4. The highest BCUT2D eigenvalue weighted by Gasteiger charge is 2.16. The normalized spacial score (nSPS) is 19.4. The number of carboxylic acids is 1. The average Bonchev–Trinajstić information content (AvgIpc) is 2.86. The minimum atomic E-state index is -0.894. The predicted molar refractivity (Wildman–Crippen MR) is 70.4 cm³/mol. The fraction of sp³-hybridized carbons (Fsp3) is 0.267. The van der Waals surface area contributed by atoms with E-state index in [1.54, 1.807) is 0 Å². The number of carboxylic acid groups (broad SMARTS) is 1. The van der Waals surface area contributed by atoms with Gasteiger partial charge in [-0.05, 0) is 41.7 Å². The van der Waals surface area contributed by atoms with Crippen molar-refractivity contribution in [1.82, 2.24) is 0 Å². The molecule has 0 fully saturated rings. The van der Waals surface area contributed by atoms with Gasteiger partial charge in [0, 0.05) is 6.08 Å². The van der Waals surface area contributed by atoms with Crippen molar-refractivity contribution in [3.05, 3.63) is 41.5 Å². The molecule has 3 rings (SSSR count). The summed E-state index contributed by atoms with van der Waals surface area (Å²) in [4.78, 5) is 10.6. The molecule has 0 saturated carbocycles. The molecular formula is C15H14O4. The quantitative estimate of drug-likeness (QED) is 0.828. The topological polar surface area (TPSA) is 55.8 Å². The number of aliphatic carboxylic acids is 1. The third-order valence-corrected chi connectivity index (χ3v) is 3.26. The highest BCUT2D eigenvalue weighted by atomic mass is 16.6. The lowest BCUT2D eigenvalue weighted by Crippen LogP contribution is -2.15. The van der Waals surface area contributed by atoms with Gasteiger partial charge in [0.1, 0.15) is 13.2 Å². The van der Waals surface area contributed by atoms with E-state index in [9.17, 15) is 4.79 Å². The summed E-state index contributed by atoms with van der Waals surface area (Å²) < 4.78 is 11.0. The number of ether oxygens (including phenoxy) is 2. The molecule has 4 nitrogen and oxygen atoms in total. The average molecular weight is 258 g/mol. The van der Waals surface area contributed by atoms with Gasteiger partial charge in [0.25, 0.3) is 0 Å². The molecule has 1 aromatic rings. The maximum absolute atomic E-state index is 10.6. The second-order valence-electron chi connectivity index (χ2n) is 4.59. The molecule has 0 amide bonds. The van der Waals surface area contributed by atoms with Crippen molar-refractivity contribution < 1.29 is 19.4 Å². The summed E-state index contributed by atoms with van der Waals surface area (Å²) in [7, 11) is 0. The van der Waals surface area contributed by atoms with Crippen LogP contribution in [0, 0.1) is 0 Å². The van der Waals surface area contributed by atoms with Crippen LogP contribution in [0.25, 0.3) is 5.57 Å². The number of rotatable bonds is 2. The van der Waals surface area contributed by atoms with E-state index in [0.29, 0.717) is 13.2 Å². The Balaban J connectivity index is 1.89. The molecule has 2 aliphatic rings. The van der Waals surface area contributed by atoms with Crippen LogP contribution in [0.3, 0.4) is 0 Å². The maximum atomic E-state index is 10.6. The monoisotopic (exact) mass is 258 g/mol. The highest BCUT2D eigenvalue weighted by Crippen LogP contribution is 2.37. The van der Waals surface area contributed by atoms with Crippen LogP contribution in [0.15, 0.2) is 35.9 Å². The number of carbonyl (C=O) groups is 1. The fourth-order valence-electron chi connectivity index (χ4n) is 2.39. The van der Waals surface area contributed by atoms with Crippen LogP contribution in [0.1, 0.15) is 18.4 Å². The Kier molecular flexibility index (Phi) is 2.99. The van der Waals surface area contributed by atoms with Gasteiger partial charge in [0.05, 0.1) is 0 Å². The molecule has 1 heterocycles. The van der Waals surface area contributed by atoms with Crippen molar-refractivity contribution in [2.75, 3.05) is 13.2 Å². The summed E-state index contributed by atoms with van der Waals surface area (Å²) in [6.45, 7) is 1.15. The Labute approximate surface area is 111 Å². The number of hydrogen-bond acceptors (Lipinski definition) is 3. The van der Waals surface area contributed by atoms with Crippen molar-refractivity contribution >= 4 is 11.5 Å². The van der Waals surface area contributed by atoms with Gasteiger partial charge in [-0.3, -0.25) is 0 Å². The number of fused-ring (bicyclic) bond motifs is 1. The summed E-state index contributed by atoms with van der Waals surface area (Å²) in [5.74, 6) is 0.643. The second-order valence-corrected chi connectivity index (χ2v) is 4.59. The first-order valence-electron chi connectivity index (χ1n) is 6.26. The zero-order chi connectivity index (χ0) is 13.2. The molecular weight excluding hydrogens is 244 g/mol. The maximum Gasteiger partial charge on any atom is 0.328 e. The van der Waals surface area contributed by atoms with E-state index in [0.717, 1.165) is 41.1 Å². The summed E-state index contributed by atoms with van der Waals surface area (Å²) in [5.41, 5.74) is 3.07. The van der Waals surface area contributed by atoms with E-state index < -0.39 is 5.97 Å². The lowest BCUT2D eigenvalue weighted by atomic mass is 10.0. The molecule has 1 aliphatic carbocycles. The van der Waals surface area contributed by atoms with E-state index in [1.165, 1.54) is 6.08 Å². The van der Waals surface area contributed by atoms with Crippen LogP contribution in [-0.2, 0) is 4.79 Å². The van der Waals surface area contributed by atoms with Crippen LogP contribution in [0.5, 0.6) is 11.5 Å². The molecule has 0 saturated heterocycles. The Morgan fingerprint density at radius 1 is 1.16 bits per heavy atom. The van der Waals surface area contributed by atoms with Crippen LogP contribution in [0.4, 0.5) is 0 Å². The first-order chi connectivity index (χ1) is 9.22. The first-order valence-corrected chi connectivity index (χ1v) is 6.26. The lowest BCUT2D eigenvalue weighted by molar-refractivity contribution is -0.131. The van der Waals surface area contributed by atoms with Crippen LogP contribution in [-0.4, -0.2) is 24.3 Å². The lowest BCUT2D eigenvalue weighted by Gasteiger charge is -2.19. The molecule has 4 heteroatoms. The molecule has 0 atom stereocenters. The Bertz CT molecular complexity index is 584. The standard InChI is InChI=1S/C15H14O4/c16-15(17)8-10-1-2-11(7-10)12-3-4-13-14(9-12)19-6-5-18-13/h3-4,7-9H,1-2,5-6H2,(H,16,17)/b10-8+. The van der Waals surface area contributed by atoms with Crippen LogP contribution < -0.4 is 9.47 Å². The third-order valence-electron chi connectivity index (χ3n) is 3.26. The summed E-state index contributed by atoms with van der Waals surface area (Å²) in [6.07, 6.45) is 4.85. The molecule has 1 aliphatic heterocycles. The van der Waals surface area contributed by atoms with Crippen LogP contribution in [0.2, 0.25) is 0 Å². The van der Waals surface area contributed by atoms with E-state index >= 15 is 0 Å². The molecule has 19 heavy (non-hydrogen) atoms. The van der Waals surface area contributed by atoms with Crippen molar-refractivity contribution in [3.63, 3.8) is 0 Å². The van der Waals surface area contributed by atoms with Gasteiger partial charge in [-0.2, -0.15) is 0 Å². The number of hydrogen-bond donors (Lipinski definition) is 1. The number of allylic oxidation sites excluding steroid dienone is 3. The molecule has 0 unspecified atom stereocenters. The molecule has 0 radical (unpaired) electrons. The van der Waals surface area contributed by atoms with Gasteiger partial charge in [0.15, 0.2) is 11.5 Å². The number of benzene rings is 1. The molecule has 1 N–H and O–H groups in total. The van der Waals surface area contributed by atoms with Gasteiger partial charge in [0.2, 0.25) is 0 Å². The summed E-state index contributed by atoms with van der Waals surface area (Å²) in [6, 6.07) is 5.86. The van der Waals surface area contributed by atoms with Gasteiger partial charge < -0.3 is 14.6 Å². The molecule has 0 spiro atoms. The Hall–Kier alpha value is -2.23. The summed E-state index contributed by atoms with van der Waals surface area (Å²) in [5, 5.41) is 8.75.